The van der Waals surface area contributed by atoms with E-state index in [9.17, 15) is 5.11 Å². The van der Waals surface area contributed by atoms with Crippen molar-refractivity contribution in [2.75, 3.05) is 13.7 Å². The van der Waals surface area contributed by atoms with Gasteiger partial charge in [-0.15, -0.1) is 0 Å². The Morgan fingerprint density at radius 3 is 2.13 bits per heavy atom. The molecule has 5 nitrogen and oxygen atoms in total. The van der Waals surface area contributed by atoms with Crippen LogP contribution in [0.1, 0.15) is 57.2 Å². The molecule has 0 saturated carbocycles. The highest BCUT2D eigenvalue weighted by atomic mass is 16.5. The molecule has 0 aliphatic heterocycles. The van der Waals surface area contributed by atoms with Crippen LogP contribution < -0.4 is 4.74 Å². The van der Waals surface area contributed by atoms with E-state index >= 15 is 0 Å². The summed E-state index contributed by atoms with van der Waals surface area (Å²) < 4.78 is 7.83. The number of para-hydroxylation sites is 1. The molecule has 0 fully saturated rings. The van der Waals surface area contributed by atoms with E-state index in [4.69, 9.17) is 9.72 Å². The number of unbranched alkanes of at least 4 members (excludes halogenated alkanes) is 3. The van der Waals surface area contributed by atoms with Gasteiger partial charge in [-0.25, -0.2) is 4.98 Å². The smallest absolute Gasteiger partial charge is 0.162 e. The molecule has 0 saturated heterocycles. The van der Waals surface area contributed by atoms with Crippen molar-refractivity contribution in [3.05, 3.63) is 90.1 Å². The van der Waals surface area contributed by atoms with Crippen molar-refractivity contribution in [1.82, 2.24) is 14.5 Å². The highest BCUT2D eigenvalue weighted by Crippen LogP contribution is 2.33. The zero-order valence-corrected chi connectivity index (χ0v) is 23.1. The largest absolute Gasteiger partial charge is 0.504 e. The van der Waals surface area contributed by atoms with Gasteiger partial charge in [0.15, 0.2) is 11.5 Å². The van der Waals surface area contributed by atoms with E-state index < -0.39 is 0 Å². The molecule has 0 spiro atoms. The van der Waals surface area contributed by atoms with Gasteiger partial charge in [0.05, 0.1) is 18.5 Å². The van der Waals surface area contributed by atoms with Gasteiger partial charge >= 0.3 is 0 Å². The lowest BCUT2D eigenvalue weighted by Gasteiger charge is -2.25. The van der Waals surface area contributed by atoms with Gasteiger partial charge in [-0.3, -0.25) is 4.90 Å². The van der Waals surface area contributed by atoms with Crippen LogP contribution in [0, 0.1) is 0 Å². The minimum Gasteiger partial charge on any atom is -0.504 e. The summed E-state index contributed by atoms with van der Waals surface area (Å²) in [5, 5.41) is 10.8. The predicted molar refractivity (Wildman–Crippen MR) is 156 cm³/mol. The lowest BCUT2D eigenvalue weighted by Crippen LogP contribution is -2.26. The first-order valence-electron chi connectivity index (χ1n) is 13.9. The van der Waals surface area contributed by atoms with Gasteiger partial charge < -0.3 is 14.4 Å². The van der Waals surface area contributed by atoms with Crippen LogP contribution in [-0.4, -0.2) is 33.2 Å². The third-order valence-corrected chi connectivity index (χ3v) is 7.03. The molecular formula is C33H41N3O2. The fourth-order valence-corrected chi connectivity index (χ4v) is 4.95. The van der Waals surface area contributed by atoms with E-state index in [0.717, 1.165) is 67.1 Å². The SMILES string of the molecule is CCCCCn1c(-c2ccccc2)nc(-c2ccccc2)c1CN(CCCC)Cc1cccc(OC)c1O. The van der Waals surface area contributed by atoms with Crippen LogP contribution in [0.25, 0.3) is 22.6 Å². The molecule has 4 rings (SSSR count). The summed E-state index contributed by atoms with van der Waals surface area (Å²) in [6.45, 7) is 7.71. The highest BCUT2D eigenvalue weighted by molar-refractivity contribution is 5.68. The number of hydrogen-bond acceptors (Lipinski definition) is 4. The van der Waals surface area contributed by atoms with E-state index in [1.54, 1.807) is 13.2 Å². The Morgan fingerprint density at radius 1 is 0.789 bits per heavy atom. The second kappa shape index (κ2) is 13.8. The molecule has 0 amide bonds. The third kappa shape index (κ3) is 6.65. The fourth-order valence-electron chi connectivity index (χ4n) is 4.95. The van der Waals surface area contributed by atoms with Gasteiger partial charge in [-0.2, -0.15) is 0 Å². The maximum absolute atomic E-state index is 10.8. The summed E-state index contributed by atoms with van der Waals surface area (Å²) in [5.41, 5.74) is 5.41. The third-order valence-electron chi connectivity index (χ3n) is 7.03. The molecular weight excluding hydrogens is 470 g/mol. The summed E-state index contributed by atoms with van der Waals surface area (Å²) in [4.78, 5) is 7.72. The second-order valence-corrected chi connectivity index (χ2v) is 9.85. The summed E-state index contributed by atoms with van der Waals surface area (Å²) >= 11 is 0. The van der Waals surface area contributed by atoms with Crippen LogP contribution in [0.3, 0.4) is 0 Å². The van der Waals surface area contributed by atoms with Crippen molar-refractivity contribution in [1.29, 1.82) is 0 Å². The Hall–Kier alpha value is -3.57. The number of rotatable bonds is 14. The quantitative estimate of drug-likeness (QED) is 0.175. The molecule has 0 atom stereocenters. The average molecular weight is 512 g/mol. The lowest BCUT2D eigenvalue weighted by molar-refractivity contribution is 0.242. The number of methoxy groups -OCH3 is 1. The fraction of sp³-hybridized carbons (Fsp3) is 0.364. The van der Waals surface area contributed by atoms with Gasteiger partial charge in [-0.1, -0.05) is 106 Å². The van der Waals surface area contributed by atoms with Gasteiger partial charge in [0.1, 0.15) is 5.82 Å². The topological polar surface area (TPSA) is 50.5 Å². The van der Waals surface area contributed by atoms with E-state index in [1.807, 2.05) is 12.1 Å². The molecule has 0 aliphatic rings. The minimum atomic E-state index is 0.223. The number of aromatic hydroxyl groups is 1. The number of aromatic nitrogens is 2. The Kier molecular flexibility index (Phi) is 9.99. The number of phenolic OH excluding ortho intramolecular Hbond substituents is 1. The molecule has 1 aromatic heterocycles. The number of phenols is 1. The maximum Gasteiger partial charge on any atom is 0.162 e. The van der Waals surface area contributed by atoms with Crippen molar-refractivity contribution in [2.24, 2.45) is 0 Å². The van der Waals surface area contributed by atoms with Crippen molar-refractivity contribution >= 4 is 0 Å². The summed E-state index contributed by atoms with van der Waals surface area (Å²) in [6.07, 6.45) is 5.66. The summed E-state index contributed by atoms with van der Waals surface area (Å²) in [7, 11) is 1.60. The molecule has 1 heterocycles. The average Bonchev–Trinajstić information content (AvgIpc) is 3.31. The van der Waals surface area contributed by atoms with Crippen LogP contribution in [0.15, 0.2) is 78.9 Å². The standard InChI is InChI=1S/C33H41N3O2/c1-4-6-14-23-36-29(25-35(22-7-5-2)24-28-20-15-21-30(38-3)32(28)37)31(26-16-10-8-11-17-26)34-33(36)27-18-12-9-13-19-27/h8-13,15-21,37H,4-7,14,22-25H2,1-3H3. The zero-order chi connectivity index (χ0) is 26.7. The maximum atomic E-state index is 10.8. The first-order valence-corrected chi connectivity index (χ1v) is 13.9. The van der Waals surface area contributed by atoms with Gasteiger partial charge in [0, 0.05) is 36.3 Å². The monoisotopic (exact) mass is 511 g/mol. The van der Waals surface area contributed by atoms with Gasteiger partial charge in [0.25, 0.3) is 0 Å². The number of hydrogen-bond donors (Lipinski definition) is 1. The molecule has 0 bridgehead atoms. The van der Waals surface area contributed by atoms with Crippen LogP contribution >= 0.6 is 0 Å². The number of imidazole rings is 1. The van der Waals surface area contributed by atoms with Crippen molar-refractivity contribution in [2.45, 2.75) is 65.6 Å². The molecule has 200 valence electrons. The van der Waals surface area contributed by atoms with Crippen LogP contribution in [0.4, 0.5) is 0 Å². The number of ether oxygens (including phenoxy) is 1. The molecule has 5 heteroatoms. The highest BCUT2D eigenvalue weighted by Gasteiger charge is 2.22. The Bertz CT molecular complexity index is 1270. The number of benzene rings is 3. The van der Waals surface area contributed by atoms with E-state index in [2.05, 4.69) is 84.0 Å². The molecule has 1 N–H and O–H groups in total. The van der Waals surface area contributed by atoms with Crippen LogP contribution in [-0.2, 0) is 19.6 Å². The van der Waals surface area contributed by atoms with Crippen molar-refractivity contribution in [3.8, 4) is 34.1 Å². The normalized spacial score (nSPS) is 11.3. The van der Waals surface area contributed by atoms with E-state index in [1.165, 1.54) is 18.5 Å². The Labute approximate surface area is 227 Å². The summed E-state index contributed by atoms with van der Waals surface area (Å²) in [5.74, 6) is 1.76. The van der Waals surface area contributed by atoms with Gasteiger partial charge in [0.2, 0.25) is 0 Å². The molecule has 0 unspecified atom stereocenters. The van der Waals surface area contributed by atoms with Gasteiger partial charge in [-0.05, 0) is 25.5 Å². The van der Waals surface area contributed by atoms with Crippen LogP contribution in [0.5, 0.6) is 11.5 Å². The van der Waals surface area contributed by atoms with Crippen molar-refractivity contribution in [3.63, 3.8) is 0 Å². The number of nitrogens with zero attached hydrogens (tertiary/aromatic N) is 3. The Morgan fingerprint density at radius 2 is 1.47 bits per heavy atom. The van der Waals surface area contributed by atoms with E-state index in [-0.39, 0.29) is 5.75 Å². The molecule has 3 aromatic carbocycles. The Balaban J connectivity index is 1.80. The molecule has 0 aliphatic carbocycles. The van der Waals surface area contributed by atoms with Crippen LogP contribution in [0.2, 0.25) is 0 Å². The lowest BCUT2D eigenvalue weighted by atomic mass is 10.1. The first kappa shape index (κ1) is 27.5. The first-order chi connectivity index (χ1) is 18.7. The van der Waals surface area contributed by atoms with E-state index in [0.29, 0.717) is 12.3 Å². The minimum absolute atomic E-state index is 0.223. The zero-order valence-electron chi connectivity index (χ0n) is 23.1. The predicted octanol–water partition coefficient (Wildman–Crippen LogP) is 7.92. The second-order valence-electron chi connectivity index (χ2n) is 9.85. The molecule has 0 radical (unpaired) electrons. The molecule has 4 aromatic rings. The molecule has 38 heavy (non-hydrogen) atoms. The summed E-state index contributed by atoms with van der Waals surface area (Å²) in [6, 6.07) is 26.8. The van der Waals surface area contributed by atoms with Crippen molar-refractivity contribution < 1.29 is 9.84 Å².